The third kappa shape index (κ3) is 6.24. The Morgan fingerprint density at radius 3 is 1.26 bits per heavy atom. The van der Waals surface area contributed by atoms with Gasteiger partial charge in [0.05, 0.1) is 42.1 Å². The average molecular weight is 443 g/mol. The summed E-state index contributed by atoms with van der Waals surface area (Å²) in [5, 5.41) is 17.5. The fourth-order valence-corrected chi connectivity index (χ4v) is 3.83. The van der Waals surface area contributed by atoms with Crippen LogP contribution in [0, 0.1) is 0 Å². The van der Waals surface area contributed by atoms with E-state index in [0.29, 0.717) is 0 Å². The first-order valence-corrected chi connectivity index (χ1v) is 10.7. The van der Waals surface area contributed by atoms with E-state index in [4.69, 9.17) is 10.2 Å². The summed E-state index contributed by atoms with van der Waals surface area (Å²) in [6, 6.07) is 20.0. The summed E-state index contributed by atoms with van der Waals surface area (Å²) in [6.45, 7) is 0. The number of nitrogens with zero attached hydrogens (tertiary/aromatic N) is 1. The van der Waals surface area contributed by atoms with Crippen LogP contribution in [0.5, 0.6) is 0 Å². The van der Waals surface area contributed by atoms with Gasteiger partial charge in [0.1, 0.15) is 5.69 Å². The fourth-order valence-electron chi connectivity index (χ4n) is 2.56. The van der Waals surface area contributed by atoms with Crippen LogP contribution in [0.3, 0.4) is 0 Å². The summed E-state index contributed by atoms with van der Waals surface area (Å²) in [5.74, 6) is -2.30. The lowest BCUT2D eigenvalue weighted by molar-refractivity contribution is 0.0686. The summed E-state index contributed by atoms with van der Waals surface area (Å²) in [4.78, 5) is 21.3. The normalized spacial score (nSPS) is 11.2. The van der Waals surface area contributed by atoms with E-state index in [2.05, 4.69) is 45.4 Å². The van der Waals surface area contributed by atoms with Crippen LogP contribution in [0.15, 0.2) is 88.7 Å². The smallest absolute Gasteiger partial charge is 0.335 e. The number of hydrogen-bond donors (Lipinski definition) is 2. The molecule has 0 atom stereocenters. The molecule has 0 heterocycles. The van der Waals surface area contributed by atoms with Crippen LogP contribution in [0.1, 0.15) is 20.7 Å². The highest BCUT2D eigenvalue weighted by molar-refractivity contribution is 7.91. The number of aromatic carboxylic acids is 2. The number of benzene rings is 3. The molecule has 162 valence electrons. The number of carboxylic acids is 2. The number of para-hydroxylation sites is 1. The van der Waals surface area contributed by atoms with Gasteiger partial charge in [-0.2, -0.15) is 0 Å². The lowest BCUT2D eigenvalue weighted by atomic mass is 10.2. The largest absolute Gasteiger partial charge is 0.478 e. The third-order valence-electron chi connectivity index (χ3n) is 4.35. The second kappa shape index (κ2) is 9.55. The summed E-state index contributed by atoms with van der Waals surface area (Å²) in [5.41, 5.74) is 1.30. The minimum atomic E-state index is -3.81. The van der Waals surface area contributed by atoms with Gasteiger partial charge in [-0.25, -0.2) is 18.0 Å². The molecule has 0 saturated heterocycles. The molecule has 0 radical (unpaired) electrons. The molecule has 31 heavy (non-hydrogen) atoms. The van der Waals surface area contributed by atoms with E-state index in [1.165, 1.54) is 54.2 Å². The molecule has 0 fully saturated rings. The molecule has 2 N–H and O–H groups in total. The van der Waals surface area contributed by atoms with Gasteiger partial charge in [-0.05, 0) is 60.7 Å². The van der Waals surface area contributed by atoms with Crippen LogP contribution in [0.25, 0.3) is 0 Å². The quantitative estimate of drug-likeness (QED) is 0.582. The minimum Gasteiger partial charge on any atom is -0.478 e. The highest BCUT2D eigenvalue weighted by Crippen LogP contribution is 2.21. The van der Waals surface area contributed by atoms with E-state index >= 15 is 0 Å². The number of carbonyl (C=O) groups is 2. The molecule has 8 heteroatoms. The van der Waals surface area contributed by atoms with Gasteiger partial charge >= 0.3 is 11.9 Å². The van der Waals surface area contributed by atoms with Gasteiger partial charge in [-0.1, -0.05) is 18.2 Å². The standard InChI is InChI=1S/C14H10O6S.C9H14N/c15-13(16)9-1-5-11(6-2-9)21(19,20)12-7-3-10(4-8-12)14(17)18;1-10(2,3)9-7-5-4-6-8-9/h1-8H,(H,15,16)(H,17,18);4-8H,1-3H3/q;+1. The van der Waals surface area contributed by atoms with Gasteiger partial charge in [0.25, 0.3) is 0 Å². The first-order chi connectivity index (χ1) is 14.4. The number of quaternary nitrogens is 1. The van der Waals surface area contributed by atoms with Gasteiger partial charge < -0.3 is 10.2 Å². The summed E-state index contributed by atoms with van der Waals surface area (Å²) < 4.78 is 25.5. The van der Waals surface area contributed by atoms with Crippen molar-refractivity contribution in [3.05, 3.63) is 90.0 Å². The van der Waals surface area contributed by atoms with Crippen LogP contribution >= 0.6 is 0 Å². The van der Waals surface area contributed by atoms with Crippen LogP contribution in [-0.2, 0) is 9.84 Å². The van der Waals surface area contributed by atoms with Crippen molar-refractivity contribution < 1.29 is 28.2 Å². The van der Waals surface area contributed by atoms with Crippen LogP contribution in [0.4, 0.5) is 5.69 Å². The Balaban J connectivity index is 0.000000285. The zero-order valence-electron chi connectivity index (χ0n) is 17.4. The second-order valence-corrected chi connectivity index (χ2v) is 9.46. The van der Waals surface area contributed by atoms with Crippen molar-refractivity contribution in [1.29, 1.82) is 0 Å². The maximum absolute atomic E-state index is 12.3. The molecule has 3 aromatic rings. The van der Waals surface area contributed by atoms with Gasteiger partial charge in [0.2, 0.25) is 9.84 Å². The number of sulfone groups is 1. The maximum Gasteiger partial charge on any atom is 0.335 e. The molecule has 0 spiro atoms. The van der Waals surface area contributed by atoms with Gasteiger partial charge in [-0.3, -0.25) is 4.48 Å². The second-order valence-electron chi connectivity index (χ2n) is 7.51. The predicted molar refractivity (Wildman–Crippen MR) is 118 cm³/mol. The number of hydrogen-bond acceptors (Lipinski definition) is 4. The van der Waals surface area contributed by atoms with Gasteiger partial charge in [0, 0.05) is 0 Å². The molecular weight excluding hydrogens is 418 g/mol. The lowest BCUT2D eigenvalue weighted by Gasteiger charge is -2.22. The van der Waals surface area contributed by atoms with E-state index in [1.807, 2.05) is 6.07 Å². The van der Waals surface area contributed by atoms with Crippen molar-refractivity contribution in [2.45, 2.75) is 9.79 Å². The molecular formula is C23H24NO6S+. The molecule has 0 aliphatic heterocycles. The third-order valence-corrected chi connectivity index (χ3v) is 6.14. The lowest BCUT2D eigenvalue weighted by Crippen LogP contribution is -2.34. The minimum absolute atomic E-state index is 0.0184. The van der Waals surface area contributed by atoms with Crippen molar-refractivity contribution in [1.82, 2.24) is 4.48 Å². The molecule has 0 aromatic heterocycles. The zero-order valence-corrected chi connectivity index (χ0v) is 18.2. The van der Waals surface area contributed by atoms with Crippen molar-refractivity contribution in [2.75, 3.05) is 21.1 Å². The molecule has 0 amide bonds. The van der Waals surface area contributed by atoms with Crippen LogP contribution < -0.4 is 4.48 Å². The summed E-state index contributed by atoms with van der Waals surface area (Å²) in [6.07, 6.45) is 0. The van der Waals surface area contributed by atoms with Gasteiger partial charge in [-0.15, -0.1) is 0 Å². The Kier molecular flexibility index (Phi) is 7.32. The molecule has 0 saturated carbocycles. The molecule has 0 bridgehead atoms. The van der Waals surface area contributed by atoms with Crippen molar-refractivity contribution in [3.8, 4) is 0 Å². The van der Waals surface area contributed by atoms with Crippen molar-refractivity contribution in [3.63, 3.8) is 0 Å². The Hall–Kier alpha value is -3.49. The SMILES string of the molecule is C[N+](C)(C)c1ccccc1.O=C(O)c1ccc(S(=O)(=O)c2ccc(C(=O)O)cc2)cc1. The monoisotopic (exact) mass is 442 g/mol. The summed E-state index contributed by atoms with van der Waals surface area (Å²) >= 11 is 0. The molecule has 3 rings (SSSR count). The Labute approximate surface area is 181 Å². The van der Waals surface area contributed by atoms with Crippen molar-refractivity contribution >= 4 is 27.5 Å². The first-order valence-electron chi connectivity index (χ1n) is 9.22. The molecule has 0 aliphatic rings. The summed E-state index contributed by atoms with van der Waals surface area (Å²) in [7, 11) is 2.68. The molecule has 3 aromatic carbocycles. The Morgan fingerprint density at radius 1 is 0.645 bits per heavy atom. The predicted octanol–water partition coefficient (Wildman–Crippen LogP) is 3.80. The van der Waals surface area contributed by atoms with Crippen molar-refractivity contribution in [2.24, 2.45) is 0 Å². The maximum atomic E-state index is 12.3. The Morgan fingerprint density at radius 2 is 1.00 bits per heavy atom. The Bertz CT molecular complexity index is 1080. The highest BCUT2D eigenvalue weighted by atomic mass is 32.2. The van der Waals surface area contributed by atoms with E-state index in [1.54, 1.807) is 0 Å². The topological polar surface area (TPSA) is 109 Å². The molecule has 0 unspecified atom stereocenters. The van der Waals surface area contributed by atoms with E-state index in [9.17, 15) is 18.0 Å². The van der Waals surface area contributed by atoms with E-state index < -0.39 is 21.8 Å². The molecule has 7 nitrogen and oxygen atoms in total. The van der Waals surface area contributed by atoms with Crippen LogP contribution in [0.2, 0.25) is 0 Å². The number of carboxylic acid groups (broad SMARTS) is 2. The van der Waals surface area contributed by atoms with E-state index in [0.717, 1.165) is 4.48 Å². The molecule has 0 aliphatic carbocycles. The van der Waals surface area contributed by atoms with Gasteiger partial charge in [0.15, 0.2) is 0 Å². The zero-order chi connectivity index (χ0) is 23.2. The first kappa shape index (κ1) is 23.8. The highest BCUT2D eigenvalue weighted by Gasteiger charge is 2.18. The fraction of sp³-hybridized carbons (Fsp3) is 0.130. The van der Waals surface area contributed by atoms with E-state index in [-0.39, 0.29) is 20.9 Å². The number of rotatable bonds is 5. The average Bonchev–Trinajstić information content (AvgIpc) is 2.74. The van der Waals surface area contributed by atoms with Crippen LogP contribution in [-0.4, -0.2) is 51.7 Å².